The van der Waals surface area contributed by atoms with E-state index < -0.39 is 11.9 Å². The molecule has 2 aliphatic carbocycles. The molecule has 0 radical (unpaired) electrons. The third-order valence-corrected chi connectivity index (χ3v) is 4.17. The van der Waals surface area contributed by atoms with Crippen LogP contribution in [0, 0.1) is 0 Å². The zero-order chi connectivity index (χ0) is 18.7. The summed E-state index contributed by atoms with van der Waals surface area (Å²) < 4.78 is 43.9. The molecular weight excluding hydrogens is 347 g/mol. The van der Waals surface area contributed by atoms with E-state index in [1.165, 1.54) is 6.07 Å². The lowest BCUT2D eigenvalue weighted by Gasteiger charge is -2.14. The first-order valence-electron chi connectivity index (χ1n) is 8.47. The molecule has 1 heterocycles. The quantitative estimate of drug-likeness (QED) is 0.835. The zero-order valence-corrected chi connectivity index (χ0v) is 14.3. The van der Waals surface area contributed by atoms with Crippen LogP contribution < -0.4 is 15.4 Å². The molecule has 140 valence electrons. The maximum absolute atomic E-state index is 12.8. The van der Waals surface area contributed by atoms with Crippen LogP contribution in [0.5, 0.6) is 5.75 Å². The Labute approximate surface area is 149 Å². The molecule has 1 fully saturated rings. The van der Waals surface area contributed by atoms with Crippen molar-refractivity contribution in [2.45, 2.75) is 51.2 Å². The van der Waals surface area contributed by atoms with Gasteiger partial charge >= 0.3 is 12.2 Å². The van der Waals surface area contributed by atoms with Crippen molar-refractivity contribution in [3.8, 4) is 5.75 Å². The molecule has 3 rings (SSSR count). The summed E-state index contributed by atoms with van der Waals surface area (Å²) in [6.07, 6.45) is 2.11. The summed E-state index contributed by atoms with van der Waals surface area (Å²) in [5, 5.41) is 5.74. The number of aromatic nitrogens is 1. The Morgan fingerprint density at radius 3 is 2.81 bits per heavy atom. The summed E-state index contributed by atoms with van der Waals surface area (Å²) in [7, 11) is 0. The van der Waals surface area contributed by atoms with Crippen LogP contribution in [-0.4, -0.2) is 17.1 Å². The van der Waals surface area contributed by atoms with E-state index in [1.807, 2.05) is 13.0 Å². The largest absolute Gasteiger partial charge is 0.462 e. The van der Waals surface area contributed by atoms with Gasteiger partial charge in [-0.05, 0) is 50.3 Å². The number of amides is 2. The maximum atomic E-state index is 12.8. The second-order valence-electron chi connectivity index (χ2n) is 6.49. The minimum Gasteiger partial charge on any atom is -0.462 e. The van der Waals surface area contributed by atoms with Crippen molar-refractivity contribution in [2.75, 3.05) is 0 Å². The zero-order valence-electron chi connectivity index (χ0n) is 14.3. The van der Waals surface area contributed by atoms with E-state index in [0.717, 1.165) is 36.4 Å². The van der Waals surface area contributed by atoms with E-state index in [9.17, 15) is 18.0 Å². The van der Waals surface area contributed by atoms with Gasteiger partial charge in [0.15, 0.2) is 0 Å². The highest BCUT2D eigenvalue weighted by atomic mass is 19.4. The summed E-state index contributed by atoms with van der Waals surface area (Å²) in [4.78, 5) is 15.2. The maximum Gasteiger partial charge on any atom is 0.433 e. The van der Waals surface area contributed by atoms with Crippen molar-refractivity contribution >= 4 is 6.03 Å². The predicted octanol–water partition coefficient (Wildman–Crippen LogP) is 4.28. The number of nitrogens with one attached hydrogen (secondary N) is 2. The molecule has 0 bridgehead atoms. The van der Waals surface area contributed by atoms with E-state index in [-0.39, 0.29) is 17.8 Å². The molecule has 1 aromatic heterocycles. The topological polar surface area (TPSA) is 63.2 Å². The molecule has 2 aliphatic rings. The molecular formula is C18H20F3N3O2. The highest BCUT2D eigenvalue weighted by molar-refractivity contribution is 5.76. The van der Waals surface area contributed by atoms with Crippen molar-refractivity contribution in [3.05, 3.63) is 47.1 Å². The normalized spacial score (nSPS) is 18.1. The Kier molecular flexibility index (Phi) is 5.20. The average Bonchev–Trinajstić information content (AvgIpc) is 3.37. The minimum absolute atomic E-state index is 0.0919. The molecule has 0 unspecified atom stereocenters. The molecule has 0 aliphatic heterocycles. The predicted molar refractivity (Wildman–Crippen MR) is 89.2 cm³/mol. The SMILES string of the molecule is CC1=C(NC(=O)NC2CC2)CCC=C(Oc2ccnc(C(F)(F)F)c2)C1. The second-order valence-corrected chi connectivity index (χ2v) is 6.49. The Balaban J connectivity index is 1.64. The lowest BCUT2D eigenvalue weighted by atomic mass is 10.1. The second kappa shape index (κ2) is 7.39. The van der Waals surface area contributed by atoms with Gasteiger partial charge in [-0.2, -0.15) is 13.2 Å². The summed E-state index contributed by atoms with van der Waals surface area (Å²) >= 11 is 0. The van der Waals surface area contributed by atoms with Crippen LogP contribution in [0.15, 0.2) is 41.4 Å². The van der Waals surface area contributed by atoms with Gasteiger partial charge in [-0.1, -0.05) is 0 Å². The van der Waals surface area contributed by atoms with E-state index in [0.29, 0.717) is 25.0 Å². The number of halogens is 3. The number of carbonyl (C=O) groups excluding carboxylic acids is 1. The lowest BCUT2D eigenvalue weighted by molar-refractivity contribution is -0.141. The number of urea groups is 1. The van der Waals surface area contributed by atoms with Gasteiger partial charge in [-0.15, -0.1) is 0 Å². The van der Waals surface area contributed by atoms with Crippen LogP contribution in [0.2, 0.25) is 0 Å². The fourth-order valence-electron chi connectivity index (χ4n) is 2.65. The monoisotopic (exact) mass is 367 g/mol. The van der Waals surface area contributed by atoms with Gasteiger partial charge in [-0.25, -0.2) is 4.79 Å². The fourth-order valence-corrected chi connectivity index (χ4v) is 2.65. The van der Waals surface area contributed by atoms with Crippen LogP contribution in [0.4, 0.5) is 18.0 Å². The third-order valence-electron chi connectivity index (χ3n) is 4.17. The van der Waals surface area contributed by atoms with Gasteiger partial charge in [0.05, 0.1) is 0 Å². The summed E-state index contributed by atoms with van der Waals surface area (Å²) in [5.74, 6) is 0.649. The minimum atomic E-state index is -4.51. The summed E-state index contributed by atoms with van der Waals surface area (Å²) in [6.45, 7) is 1.88. The number of hydrogen-bond acceptors (Lipinski definition) is 3. The van der Waals surface area contributed by atoms with E-state index in [1.54, 1.807) is 0 Å². The molecule has 1 aromatic rings. The molecule has 0 saturated heterocycles. The molecule has 0 atom stereocenters. The molecule has 8 heteroatoms. The van der Waals surface area contributed by atoms with Gasteiger partial charge in [0, 0.05) is 30.4 Å². The highest BCUT2D eigenvalue weighted by Gasteiger charge is 2.32. The third kappa shape index (κ3) is 5.00. The van der Waals surface area contributed by atoms with Crippen molar-refractivity contribution in [2.24, 2.45) is 0 Å². The van der Waals surface area contributed by atoms with Crippen LogP contribution in [0.1, 0.15) is 44.7 Å². The summed E-state index contributed by atoms with van der Waals surface area (Å²) in [5.41, 5.74) is 0.754. The lowest BCUT2D eigenvalue weighted by Crippen LogP contribution is -2.36. The Morgan fingerprint density at radius 2 is 2.12 bits per heavy atom. The van der Waals surface area contributed by atoms with Crippen LogP contribution in [-0.2, 0) is 6.18 Å². The number of ether oxygens (including phenoxy) is 1. The van der Waals surface area contributed by atoms with Gasteiger partial charge in [-0.3, -0.25) is 4.98 Å². The number of rotatable bonds is 4. The highest BCUT2D eigenvalue weighted by Crippen LogP contribution is 2.31. The van der Waals surface area contributed by atoms with Crippen LogP contribution in [0.25, 0.3) is 0 Å². The van der Waals surface area contributed by atoms with Gasteiger partial charge in [0.1, 0.15) is 17.2 Å². The molecule has 5 nitrogen and oxygen atoms in total. The van der Waals surface area contributed by atoms with E-state index >= 15 is 0 Å². The Morgan fingerprint density at radius 1 is 1.35 bits per heavy atom. The fraction of sp³-hybridized carbons (Fsp3) is 0.444. The number of pyridine rings is 1. The number of allylic oxidation sites excluding steroid dienone is 3. The van der Waals surface area contributed by atoms with Crippen LogP contribution >= 0.6 is 0 Å². The molecule has 1 saturated carbocycles. The number of nitrogens with zero attached hydrogens (tertiary/aromatic N) is 1. The van der Waals surface area contributed by atoms with Crippen molar-refractivity contribution in [3.63, 3.8) is 0 Å². The van der Waals surface area contributed by atoms with Crippen molar-refractivity contribution < 1.29 is 22.7 Å². The number of hydrogen-bond donors (Lipinski definition) is 2. The molecule has 2 N–H and O–H groups in total. The van der Waals surface area contributed by atoms with E-state index in [4.69, 9.17) is 4.74 Å². The molecule has 2 amide bonds. The molecule has 0 spiro atoms. The van der Waals surface area contributed by atoms with Gasteiger partial charge in [0.2, 0.25) is 0 Å². The van der Waals surface area contributed by atoms with Crippen molar-refractivity contribution in [1.29, 1.82) is 0 Å². The van der Waals surface area contributed by atoms with Crippen molar-refractivity contribution in [1.82, 2.24) is 15.6 Å². The first-order chi connectivity index (χ1) is 12.3. The van der Waals surface area contributed by atoms with E-state index in [2.05, 4.69) is 15.6 Å². The molecule has 0 aromatic carbocycles. The first kappa shape index (κ1) is 18.3. The number of carbonyl (C=O) groups is 1. The summed E-state index contributed by atoms with van der Waals surface area (Å²) in [6, 6.07) is 2.33. The van der Waals surface area contributed by atoms with Crippen LogP contribution in [0.3, 0.4) is 0 Å². The Bertz CT molecular complexity index is 752. The number of alkyl halides is 3. The first-order valence-corrected chi connectivity index (χ1v) is 8.47. The standard InChI is InChI=1S/C18H20F3N3O2/c1-11-9-13(26-14-7-8-22-16(10-14)18(19,20)21)3-2-4-15(11)24-17(25)23-12-5-6-12/h3,7-8,10,12H,2,4-6,9H2,1H3,(H2,23,24,25). The average molecular weight is 367 g/mol. The smallest absolute Gasteiger partial charge is 0.433 e. The van der Waals surface area contributed by atoms with Gasteiger partial charge in [0.25, 0.3) is 0 Å². The Hall–Kier alpha value is -2.51. The molecule has 26 heavy (non-hydrogen) atoms. The van der Waals surface area contributed by atoms with Gasteiger partial charge < -0.3 is 15.4 Å².